The van der Waals surface area contributed by atoms with Gasteiger partial charge in [0.2, 0.25) is 5.91 Å². The number of amides is 1. The van der Waals surface area contributed by atoms with Crippen LogP contribution in [0.1, 0.15) is 33.1 Å². The van der Waals surface area contributed by atoms with Crippen LogP contribution in [0, 0.1) is 17.8 Å². The molecule has 0 spiro atoms. The minimum atomic E-state index is -0.292. The molecule has 0 aliphatic heterocycles. The number of rotatable bonds is 3. The van der Waals surface area contributed by atoms with E-state index in [1.807, 2.05) is 13.8 Å². The van der Waals surface area contributed by atoms with E-state index in [2.05, 4.69) is 5.32 Å². The summed E-state index contributed by atoms with van der Waals surface area (Å²) >= 11 is 0. The molecule has 2 aliphatic rings. The van der Waals surface area contributed by atoms with E-state index >= 15 is 0 Å². The monoisotopic (exact) mass is 196 g/mol. The van der Waals surface area contributed by atoms with Crippen molar-refractivity contribution in [3.05, 3.63) is 0 Å². The van der Waals surface area contributed by atoms with E-state index in [9.17, 15) is 4.79 Å². The first-order valence-electron chi connectivity index (χ1n) is 5.56. The van der Waals surface area contributed by atoms with Crippen molar-refractivity contribution in [2.75, 3.05) is 6.54 Å². The zero-order valence-electron chi connectivity index (χ0n) is 9.05. The fraction of sp³-hybridized carbons (Fsp3) is 0.909. The highest BCUT2D eigenvalue weighted by atomic mass is 16.2. The van der Waals surface area contributed by atoms with Gasteiger partial charge in [0.1, 0.15) is 0 Å². The molecular weight excluding hydrogens is 176 g/mol. The third-order valence-electron chi connectivity index (χ3n) is 3.43. The Morgan fingerprint density at radius 2 is 2.00 bits per heavy atom. The summed E-state index contributed by atoms with van der Waals surface area (Å²) in [6.45, 7) is 4.45. The molecule has 3 N–H and O–H groups in total. The van der Waals surface area contributed by atoms with E-state index in [0.29, 0.717) is 24.3 Å². The smallest absolute Gasteiger partial charge is 0.223 e. The lowest BCUT2D eigenvalue weighted by Crippen LogP contribution is -2.45. The maximum Gasteiger partial charge on any atom is 0.223 e. The molecule has 14 heavy (non-hydrogen) atoms. The number of hydrogen-bond acceptors (Lipinski definition) is 2. The molecule has 0 saturated heterocycles. The topological polar surface area (TPSA) is 55.1 Å². The first-order valence-corrected chi connectivity index (χ1v) is 5.56. The quantitative estimate of drug-likeness (QED) is 0.704. The Labute approximate surface area is 85.4 Å². The van der Waals surface area contributed by atoms with Crippen LogP contribution in [0.4, 0.5) is 0 Å². The molecule has 2 fully saturated rings. The van der Waals surface area contributed by atoms with Gasteiger partial charge in [-0.3, -0.25) is 4.79 Å². The number of nitrogens with one attached hydrogen (secondary N) is 1. The van der Waals surface area contributed by atoms with E-state index in [-0.39, 0.29) is 11.4 Å². The van der Waals surface area contributed by atoms with Gasteiger partial charge in [0.25, 0.3) is 0 Å². The Morgan fingerprint density at radius 1 is 1.43 bits per heavy atom. The van der Waals surface area contributed by atoms with Crippen molar-refractivity contribution in [3.63, 3.8) is 0 Å². The highest BCUT2D eigenvalue weighted by Gasteiger charge is 2.56. The van der Waals surface area contributed by atoms with Crippen molar-refractivity contribution in [1.82, 2.24) is 5.32 Å². The van der Waals surface area contributed by atoms with E-state index in [4.69, 9.17) is 5.73 Å². The number of carbonyl (C=O) groups excluding carboxylic acids is 1. The minimum absolute atomic E-state index is 0.234. The predicted octanol–water partition coefficient (Wildman–Crippen LogP) is 0.886. The van der Waals surface area contributed by atoms with Crippen LogP contribution in [0.5, 0.6) is 0 Å². The summed E-state index contributed by atoms with van der Waals surface area (Å²) in [4.78, 5) is 11.7. The number of nitrogens with two attached hydrogens (primary N) is 1. The van der Waals surface area contributed by atoms with Gasteiger partial charge in [0.05, 0.1) is 0 Å². The molecule has 2 atom stereocenters. The highest BCUT2D eigenvalue weighted by Crippen LogP contribution is 2.57. The molecule has 0 bridgehead atoms. The van der Waals surface area contributed by atoms with Crippen molar-refractivity contribution < 1.29 is 4.79 Å². The summed E-state index contributed by atoms with van der Waals surface area (Å²) in [7, 11) is 0. The summed E-state index contributed by atoms with van der Waals surface area (Å²) in [5, 5.41) is 2.95. The van der Waals surface area contributed by atoms with Gasteiger partial charge >= 0.3 is 0 Å². The van der Waals surface area contributed by atoms with Gasteiger partial charge in [-0.1, -0.05) is 6.42 Å². The van der Waals surface area contributed by atoms with Gasteiger partial charge in [-0.25, -0.2) is 0 Å². The Bertz CT molecular complexity index is 234. The maximum absolute atomic E-state index is 11.7. The second kappa shape index (κ2) is 3.23. The lowest BCUT2D eigenvalue weighted by atomic mass is 10.1. The van der Waals surface area contributed by atoms with E-state index in [0.717, 1.165) is 0 Å². The fourth-order valence-electron chi connectivity index (χ4n) is 2.64. The van der Waals surface area contributed by atoms with Gasteiger partial charge in [0, 0.05) is 18.0 Å². The fourth-order valence-corrected chi connectivity index (χ4v) is 2.64. The second-order valence-corrected chi connectivity index (χ2v) is 5.49. The molecule has 0 aromatic carbocycles. The molecule has 3 heteroatoms. The van der Waals surface area contributed by atoms with E-state index < -0.39 is 0 Å². The van der Waals surface area contributed by atoms with Crippen LogP contribution in [0.25, 0.3) is 0 Å². The number of fused-ring (bicyclic) bond motifs is 1. The molecule has 2 aliphatic carbocycles. The van der Waals surface area contributed by atoms with Gasteiger partial charge in [-0.05, 0) is 38.5 Å². The Balaban J connectivity index is 1.75. The standard InChI is InChI=1S/C11H20N2O/c1-11(2,12)6-13-10(14)9-7-4-3-5-8(7)9/h7-9H,3-6,12H2,1-2H3,(H,13,14). The maximum atomic E-state index is 11.7. The SMILES string of the molecule is CC(C)(N)CNC(=O)C1C2CCCC21. The van der Waals surface area contributed by atoms with Crippen molar-refractivity contribution in [1.29, 1.82) is 0 Å². The van der Waals surface area contributed by atoms with Gasteiger partial charge < -0.3 is 11.1 Å². The van der Waals surface area contributed by atoms with E-state index in [1.54, 1.807) is 0 Å². The average molecular weight is 196 g/mol. The molecule has 2 unspecified atom stereocenters. The largest absolute Gasteiger partial charge is 0.354 e. The zero-order valence-corrected chi connectivity index (χ0v) is 9.05. The van der Waals surface area contributed by atoms with Crippen molar-refractivity contribution >= 4 is 5.91 Å². The lowest BCUT2D eigenvalue weighted by Gasteiger charge is -2.19. The van der Waals surface area contributed by atoms with Crippen LogP contribution in [-0.2, 0) is 4.79 Å². The summed E-state index contributed by atoms with van der Waals surface area (Å²) in [5.41, 5.74) is 5.51. The van der Waals surface area contributed by atoms with Crippen LogP contribution in [0.2, 0.25) is 0 Å². The summed E-state index contributed by atoms with van der Waals surface area (Å²) in [6.07, 6.45) is 3.84. The normalized spacial score (nSPS) is 35.2. The lowest BCUT2D eigenvalue weighted by molar-refractivity contribution is -0.123. The molecule has 0 radical (unpaired) electrons. The first kappa shape index (κ1) is 9.97. The van der Waals surface area contributed by atoms with Crippen molar-refractivity contribution in [2.24, 2.45) is 23.5 Å². The molecule has 0 heterocycles. The van der Waals surface area contributed by atoms with Crippen LogP contribution >= 0.6 is 0 Å². The molecule has 2 rings (SSSR count). The molecule has 2 saturated carbocycles. The molecule has 80 valence electrons. The average Bonchev–Trinajstić information content (AvgIpc) is 2.54. The third-order valence-corrected chi connectivity index (χ3v) is 3.43. The van der Waals surface area contributed by atoms with Crippen molar-refractivity contribution in [2.45, 2.75) is 38.6 Å². The number of carbonyl (C=O) groups is 1. The van der Waals surface area contributed by atoms with Crippen molar-refractivity contribution in [3.8, 4) is 0 Å². The van der Waals surface area contributed by atoms with E-state index in [1.165, 1.54) is 19.3 Å². The molecule has 3 nitrogen and oxygen atoms in total. The first-order chi connectivity index (χ1) is 6.49. The molecule has 1 amide bonds. The minimum Gasteiger partial charge on any atom is -0.354 e. The Kier molecular flexibility index (Phi) is 2.30. The summed E-state index contributed by atoms with van der Waals surface area (Å²) in [6, 6.07) is 0. The Hall–Kier alpha value is -0.570. The Morgan fingerprint density at radius 3 is 2.50 bits per heavy atom. The molecular formula is C11H20N2O. The highest BCUT2D eigenvalue weighted by molar-refractivity contribution is 5.82. The summed E-state index contributed by atoms with van der Waals surface area (Å²) < 4.78 is 0. The second-order valence-electron chi connectivity index (χ2n) is 5.49. The van der Waals surface area contributed by atoms with Crippen LogP contribution in [0.3, 0.4) is 0 Å². The predicted molar refractivity (Wildman–Crippen MR) is 55.6 cm³/mol. The van der Waals surface area contributed by atoms with Gasteiger partial charge in [0.15, 0.2) is 0 Å². The number of hydrogen-bond donors (Lipinski definition) is 2. The third kappa shape index (κ3) is 1.92. The van der Waals surface area contributed by atoms with Crippen LogP contribution in [-0.4, -0.2) is 18.0 Å². The van der Waals surface area contributed by atoms with Gasteiger partial charge in [-0.2, -0.15) is 0 Å². The van der Waals surface area contributed by atoms with Gasteiger partial charge in [-0.15, -0.1) is 0 Å². The summed E-state index contributed by atoms with van der Waals surface area (Å²) in [5.74, 6) is 1.97. The van der Waals surface area contributed by atoms with Crippen LogP contribution < -0.4 is 11.1 Å². The molecule has 0 aromatic rings. The zero-order chi connectivity index (χ0) is 10.3. The molecule has 0 aromatic heterocycles. The van der Waals surface area contributed by atoms with Crippen LogP contribution in [0.15, 0.2) is 0 Å².